The highest BCUT2D eigenvalue weighted by Gasteiger charge is 2.22. The molecule has 0 radical (unpaired) electrons. The van der Waals surface area contributed by atoms with Crippen LogP contribution < -0.4 is 10.5 Å². The van der Waals surface area contributed by atoms with Crippen molar-refractivity contribution in [1.82, 2.24) is 4.72 Å². The lowest BCUT2D eigenvalue weighted by atomic mass is 10.3. The van der Waals surface area contributed by atoms with E-state index in [9.17, 15) is 21.4 Å². The van der Waals surface area contributed by atoms with Gasteiger partial charge in [-0.1, -0.05) is 6.92 Å². The quantitative estimate of drug-likeness (QED) is 0.763. The lowest BCUT2D eigenvalue weighted by Crippen LogP contribution is -2.28. The summed E-state index contributed by atoms with van der Waals surface area (Å²) in [6.45, 7) is 1.71. The van der Waals surface area contributed by atoms with E-state index in [-0.39, 0.29) is 11.8 Å². The molecule has 2 atom stereocenters. The van der Waals surface area contributed by atoms with Crippen molar-refractivity contribution in [3.05, 3.63) is 23.8 Å². The topological polar surface area (TPSA) is 89.3 Å². The van der Waals surface area contributed by atoms with Crippen molar-refractivity contribution in [2.45, 2.75) is 23.5 Å². The molecule has 0 aliphatic heterocycles. The van der Waals surface area contributed by atoms with Crippen LogP contribution in [0.5, 0.6) is 0 Å². The first-order chi connectivity index (χ1) is 9.16. The summed E-state index contributed by atoms with van der Waals surface area (Å²) >= 11 is 0. The Morgan fingerprint density at radius 1 is 1.40 bits per heavy atom. The molecule has 1 aromatic rings. The second kappa shape index (κ2) is 6.59. The van der Waals surface area contributed by atoms with Gasteiger partial charge in [0.2, 0.25) is 10.0 Å². The second-order valence-corrected chi connectivity index (χ2v) is 7.81. The van der Waals surface area contributed by atoms with Gasteiger partial charge in [-0.15, -0.1) is 0 Å². The summed E-state index contributed by atoms with van der Waals surface area (Å²) in [7, 11) is -5.19. The highest BCUT2D eigenvalue weighted by molar-refractivity contribution is 7.89. The predicted octanol–water partition coefficient (Wildman–Crippen LogP) is 0.982. The first-order valence-corrected chi connectivity index (χ1v) is 8.82. The van der Waals surface area contributed by atoms with Gasteiger partial charge in [0, 0.05) is 28.9 Å². The van der Waals surface area contributed by atoms with Crippen LogP contribution in [0.2, 0.25) is 0 Å². The molecule has 0 spiro atoms. The molecule has 1 rings (SSSR count). The van der Waals surface area contributed by atoms with Crippen molar-refractivity contribution < 1.29 is 21.4 Å². The highest BCUT2D eigenvalue weighted by atomic mass is 32.2. The molecule has 3 N–H and O–H groups in total. The van der Waals surface area contributed by atoms with Crippen LogP contribution >= 0.6 is 0 Å². The number of benzene rings is 1. The summed E-state index contributed by atoms with van der Waals surface area (Å²) in [6, 6.07) is 1.60. The SMILES string of the molecule is CC(CCNS(=O)(=O)c1ccc(F)c(N)c1F)S(C)=O. The van der Waals surface area contributed by atoms with Gasteiger partial charge in [0.1, 0.15) is 16.4 Å². The average molecular weight is 326 g/mol. The Balaban J connectivity index is 2.85. The molecule has 0 aliphatic rings. The van der Waals surface area contributed by atoms with E-state index in [1.165, 1.54) is 6.26 Å². The Morgan fingerprint density at radius 3 is 2.55 bits per heavy atom. The molecule has 20 heavy (non-hydrogen) atoms. The van der Waals surface area contributed by atoms with Crippen LogP contribution in [0, 0.1) is 11.6 Å². The first kappa shape index (κ1) is 17.0. The first-order valence-electron chi connectivity index (χ1n) is 5.72. The molecule has 9 heteroatoms. The minimum atomic E-state index is -4.12. The van der Waals surface area contributed by atoms with E-state index in [4.69, 9.17) is 5.73 Å². The number of nitrogens with two attached hydrogens (primary N) is 1. The number of halogens is 2. The maximum atomic E-state index is 13.6. The van der Waals surface area contributed by atoms with E-state index in [0.29, 0.717) is 6.42 Å². The Bertz CT molecular complexity index is 620. The number of hydrogen-bond acceptors (Lipinski definition) is 4. The summed E-state index contributed by atoms with van der Waals surface area (Å²) in [4.78, 5) is -0.707. The molecule has 0 aliphatic carbocycles. The van der Waals surface area contributed by atoms with E-state index in [1.807, 2.05) is 0 Å². The molecule has 0 fully saturated rings. The van der Waals surface area contributed by atoms with Gasteiger partial charge in [0.25, 0.3) is 0 Å². The summed E-state index contributed by atoms with van der Waals surface area (Å²) in [5.41, 5.74) is 4.28. The van der Waals surface area contributed by atoms with E-state index < -0.39 is 43.0 Å². The Kier molecular flexibility index (Phi) is 5.60. The van der Waals surface area contributed by atoms with Crippen molar-refractivity contribution >= 4 is 26.5 Å². The summed E-state index contributed by atoms with van der Waals surface area (Å²) in [5.74, 6) is -2.33. The Morgan fingerprint density at radius 2 is 2.00 bits per heavy atom. The summed E-state index contributed by atoms with van der Waals surface area (Å²) in [5, 5.41) is -0.194. The minimum Gasteiger partial charge on any atom is -0.394 e. The number of sulfonamides is 1. The van der Waals surface area contributed by atoms with Gasteiger partial charge < -0.3 is 5.73 Å². The highest BCUT2D eigenvalue weighted by Crippen LogP contribution is 2.22. The molecule has 2 unspecified atom stereocenters. The van der Waals surface area contributed by atoms with Crippen LogP contribution in [-0.4, -0.2) is 30.7 Å². The van der Waals surface area contributed by atoms with Gasteiger partial charge in [0.05, 0.1) is 0 Å². The molecule has 0 saturated heterocycles. The summed E-state index contributed by atoms with van der Waals surface area (Å²) < 4.78 is 63.6. The van der Waals surface area contributed by atoms with Crippen LogP contribution in [0.1, 0.15) is 13.3 Å². The lowest BCUT2D eigenvalue weighted by Gasteiger charge is -2.11. The van der Waals surface area contributed by atoms with Crippen LogP contribution in [0.15, 0.2) is 17.0 Å². The fourth-order valence-corrected chi connectivity index (χ4v) is 2.98. The van der Waals surface area contributed by atoms with Crippen molar-refractivity contribution in [3.63, 3.8) is 0 Å². The third kappa shape index (κ3) is 3.97. The number of hydrogen-bond donors (Lipinski definition) is 2. The third-order valence-corrected chi connectivity index (χ3v) is 5.64. The van der Waals surface area contributed by atoms with Crippen LogP contribution in [0.3, 0.4) is 0 Å². The maximum Gasteiger partial charge on any atom is 0.243 e. The van der Waals surface area contributed by atoms with Crippen molar-refractivity contribution in [2.24, 2.45) is 0 Å². The van der Waals surface area contributed by atoms with Crippen molar-refractivity contribution in [2.75, 3.05) is 18.5 Å². The van der Waals surface area contributed by atoms with E-state index in [2.05, 4.69) is 4.72 Å². The molecule has 1 aromatic carbocycles. The molecule has 0 bridgehead atoms. The van der Waals surface area contributed by atoms with Gasteiger partial charge in [-0.3, -0.25) is 4.21 Å². The zero-order valence-corrected chi connectivity index (χ0v) is 12.7. The van der Waals surface area contributed by atoms with Gasteiger partial charge in [0.15, 0.2) is 5.82 Å². The fraction of sp³-hybridized carbons (Fsp3) is 0.455. The zero-order chi connectivity index (χ0) is 15.5. The monoisotopic (exact) mass is 326 g/mol. The molecule has 0 aromatic heterocycles. The molecule has 0 amide bonds. The molecule has 114 valence electrons. The molecule has 0 saturated carbocycles. The molecule has 5 nitrogen and oxygen atoms in total. The maximum absolute atomic E-state index is 13.6. The smallest absolute Gasteiger partial charge is 0.243 e. The fourth-order valence-electron chi connectivity index (χ4n) is 1.40. The molecule has 0 heterocycles. The predicted molar refractivity (Wildman–Crippen MR) is 74.1 cm³/mol. The lowest BCUT2D eigenvalue weighted by molar-refractivity contribution is 0.546. The minimum absolute atomic E-state index is 0.000197. The number of nitrogen functional groups attached to an aromatic ring is 1. The summed E-state index contributed by atoms with van der Waals surface area (Å²) in [6.07, 6.45) is 1.85. The van der Waals surface area contributed by atoms with E-state index in [1.54, 1.807) is 6.92 Å². The number of nitrogens with one attached hydrogen (secondary N) is 1. The van der Waals surface area contributed by atoms with E-state index >= 15 is 0 Å². The average Bonchev–Trinajstić information content (AvgIpc) is 2.35. The number of rotatable bonds is 6. The molecular weight excluding hydrogens is 310 g/mol. The Labute approximate surface area is 119 Å². The largest absolute Gasteiger partial charge is 0.394 e. The molecular formula is C11H16F2N2O3S2. The third-order valence-electron chi connectivity index (χ3n) is 2.79. The second-order valence-electron chi connectivity index (χ2n) is 4.27. The van der Waals surface area contributed by atoms with Gasteiger partial charge in [-0.05, 0) is 18.6 Å². The van der Waals surface area contributed by atoms with Crippen molar-refractivity contribution in [1.29, 1.82) is 0 Å². The van der Waals surface area contributed by atoms with Gasteiger partial charge in [-0.2, -0.15) is 0 Å². The Hall–Kier alpha value is -1.06. The normalized spacial score (nSPS) is 15.0. The zero-order valence-electron chi connectivity index (χ0n) is 11.0. The van der Waals surface area contributed by atoms with Crippen LogP contribution in [0.4, 0.5) is 14.5 Å². The van der Waals surface area contributed by atoms with Gasteiger partial charge >= 0.3 is 0 Å². The van der Waals surface area contributed by atoms with Gasteiger partial charge in [-0.25, -0.2) is 21.9 Å². The van der Waals surface area contributed by atoms with Crippen molar-refractivity contribution in [3.8, 4) is 0 Å². The van der Waals surface area contributed by atoms with Crippen LogP contribution in [0.25, 0.3) is 0 Å². The number of anilines is 1. The van der Waals surface area contributed by atoms with E-state index in [0.717, 1.165) is 12.1 Å². The van der Waals surface area contributed by atoms with Crippen LogP contribution in [-0.2, 0) is 20.8 Å². The standard InChI is InChI=1S/C11H16F2N2O3S2/c1-7(19(2)16)5-6-15-20(17,18)9-4-3-8(12)11(14)10(9)13/h3-4,7,15H,5-6,14H2,1-2H3.